The van der Waals surface area contributed by atoms with Crippen molar-refractivity contribution < 1.29 is 9.21 Å². The molecule has 0 unspecified atom stereocenters. The minimum atomic E-state index is -0.301. The third kappa shape index (κ3) is 3.99. The molecule has 3 rings (SSSR count). The number of aryl methyl sites for hydroxylation is 1. The third-order valence-corrected chi connectivity index (χ3v) is 3.84. The lowest BCUT2D eigenvalue weighted by Crippen LogP contribution is -2.23. The van der Waals surface area contributed by atoms with E-state index in [0.717, 1.165) is 15.7 Å². The Balaban J connectivity index is 1.63. The number of amides is 1. The average molecular weight is 387 g/mol. The second-order valence-electron chi connectivity index (χ2n) is 5.15. The lowest BCUT2D eigenvalue weighted by atomic mass is 10.2. The third-order valence-electron chi connectivity index (χ3n) is 3.35. The Hall–Kier alpha value is -2.67. The molecule has 1 amide bonds. The van der Waals surface area contributed by atoms with Crippen molar-refractivity contribution in [3.05, 3.63) is 70.2 Å². The Kier molecular flexibility index (Phi) is 4.90. The summed E-state index contributed by atoms with van der Waals surface area (Å²) in [4.78, 5) is 12.0. The van der Waals surface area contributed by atoms with Gasteiger partial charge in [0.05, 0.1) is 12.8 Å². The molecule has 1 aromatic carbocycles. The lowest BCUT2D eigenvalue weighted by molar-refractivity contribution is 0.0942. The van der Waals surface area contributed by atoms with Crippen LogP contribution in [0.5, 0.6) is 0 Å². The maximum Gasteiger partial charge on any atom is 0.272 e. The van der Waals surface area contributed by atoms with Gasteiger partial charge in [0.25, 0.3) is 5.91 Å². The highest BCUT2D eigenvalue weighted by atomic mass is 79.9. The molecule has 3 aromatic rings. The topological polar surface area (TPSA) is 80.0 Å². The van der Waals surface area contributed by atoms with E-state index in [0.29, 0.717) is 18.1 Å². The standard InChI is InChI=1S/C17H15BrN4O2/c1-11-9-12(18)4-5-14(11)20-16-7-6-15(21-22-16)17(23)19-10-13-3-2-8-24-13/h2-9H,10H2,1H3,(H,19,23)(H,20,22). The molecule has 0 aliphatic carbocycles. The fraction of sp³-hybridized carbons (Fsp3) is 0.118. The van der Waals surface area contributed by atoms with Crippen LogP contribution in [-0.4, -0.2) is 16.1 Å². The van der Waals surface area contributed by atoms with Gasteiger partial charge in [0.2, 0.25) is 0 Å². The smallest absolute Gasteiger partial charge is 0.272 e. The molecule has 0 fully saturated rings. The molecule has 2 aromatic heterocycles. The minimum absolute atomic E-state index is 0.250. The number of aromatic nitrogens is 2. The van der Waals surface area contributed by atoms with E-state index in [1.165, 1.54) is 0 Å². The van der Waals surface area contributed by atoms with Crippen molar-refractivity contribution in [2.75, 3.05) is 5.32 Å². The number of nitrogens with one attached hydrogen (secondary N) is 2. The average Bonchev–Trinajstić information content (AvgIpc) is 3.09. The molecule has 2 heterocycles. The van der Waals surface area contributed by atoms with Crippen molar-refractivity contribution in [1.82, 2.24) is 15.5 Å². The van der Waals surface area contributed by atoms with Crippen LogP contribution in [-0.2, 0) is 6.54 Å². The highest BCUT2D eigenvalue weighted by molar-refractivity contribution is 9.10. The molecule has 122 valence electrons. The number of anilines is 2. The first kappa shape index (κ1) is 16.2. The van der Waals surface area contributed by atoms with Gasteiger partial charge in [0, 0.05) is 10.2 Å². The van der Waals surface area contributed by atoms with Gasteiger partial charge in [0.15, 0.2) is 11.5 Å². The van der Waals surface area contributed by atoms with E-state index >= 15 is 0 Å². The molecule has 0 aliphatic rings. The number of carbonyl (C=O) groups excluding carboxylic acids is 1. The van der Waals surface area contributed by atoms with Crippen LogP contribution >= 0.6 is 15.9 Å². The molecule has 0 atom stereocenters. The van der Waals surface area contributed by atoms with Gasteiger partial charge in [-0.15, -0.1) is 10.2 Å². The van der Waals surface area contributed by atoms with Gasteiger partial charge in [-0.2, -0.15) is 0 Å². The van der Waals surface area contributed by atoms with E-state index in [1.807, 2.05) is 25.1 Å². The molecule has 24 heavy (non-hydrogen) atoms. The normalized spacial score (nSPS) is 10.4. The van der Waals surface area contributed by atoms with Crippen molar-refractivity contribution in [3.63, 3.8) is 0 Å². The number of hydrogen-bond acceptors (Lipinski definition) is 5. The second kappa shape index (κ2) is 7.27. The van der Waals surface area contributed by atoms with Gasteiger partial charge in [-0.25, -0.2) is 0 Å². The molecule has 0 saturated heterocycles. The first-order valence-electron chi connectivity index (χ1n) is 7.29. The number of rotatable bonds is 5. The molecule has 0 radical (unpaired) electrons. The van der Waals surface area contributed by atoms with Crippen molar-refractivity contribution >= 4 is 33.3 Å². The molecule has 6 nitrogen and oxygen atoms in total. The molecule has 0 aliphatic heterocycles. The van der Waals surface area contributed by atoms with Crippen LogP contribution in [0.25, 0.3) is 0 Å². The molecule has 0 bridgehead atoms. The molecular weight excluding hydrogens is 372 g/mol. The van der Waals surface area contributed by atoms with E-state index in [1.54, 1.807) is 30.5 Å². The quantitative estimate of drug-likeness (QED) is 0.696. The van der Waals surface area contributed by atoms with Gasteiger partial charge < -0.3 is 15.1 Å². The summed E-state index contributed by atoms with van der Waals surface area (Å²) in [6.07, 6.45) is 1.56. The van der Waals surface area contributed by atoms with Crippen molar-refractivity contribution in [2.45, 2.75) is 13.5 Å². The number of carbonyl (C=O) groups is 1. The van der Waals surface area contributed by atoms with E-state index in [-0.39, 0.29) is 11.6 Å². The van der Waals surface area contributed by atoms with Crippen molar-refractivity contribution in [1.29, 1.82) is 0 Å². The number of hydrogen-bond donors (Lipinski definition) is 2. The van der Waals surface area contributed by atoms with Gasteiger partial charge in [-0.05, 0) is 55.0 Å². The largest absolute Gasteiger partial charge is 0.467 e. The highest BCUT2D eigenvalue weighted by Gasteiger charge is 2.09. The van der Waals surface area contributed by atoms with Crippen LogP contribution in [0.2, 0.25) is 0 Å². The van der Waals surface area contributed by atoms with Gasteiger partial charge in [-0.1, -0.05) is 15.9 Å². The number of halogens is 1. The van der Waals surface area contributed by atoms with Crippen LogP contribution in [0.3, 0.4) is 0 Å². The van der Waals surface area contributed by atoms with Crippen molar-refractivity contribution in [2.24, 2.45) is 0 Å². The first-order chi connectivity index (χ1) is 11.6. The predicted molar refractivity (Wildman–Crippen MR) is 94.1 cm³/mol. The summed E-state index contributed by atoms with van der Waals surface area (Å²) in [6, 6.07) is 12.8. The molecule has 2 N–H and O–H groups in total. The van der Waals surface area contributed by atoms with E-state index in [2.05, 4.69) is 36.8 Å². The molecular formula is C17H15BrN4O2. The molecule has 0 spiro atoms. The fourth-order valence-electron chi connectivity index (χ4n) is 2.10. The fourth-order valence-corrected chi connectivity index (χ4v) is 2.57. The molecule has 7 heteroatoms. The Morgan fingerprint density at radius 1 is 1.21 bits per heavy atom. The lowest BCUT2D eigenvalue weighted by Gasteiger charge is -2.09. The summed E-state index contributed by atoms with van der Waals surface area (Å²) < 4.78 is 6.17. The van der Waals surface area contributed by atoms with Crippen LogP contribution in [0.15, 0.2) is 57.6 Å². The number of benzene rings is 1. The van der Waals surface area contributed by atoms with Crippen LogP contribution < -0.4 is 10.6 Å². The summed E-state index contributed by atoms with van der Waals surface area (Å²) in [7, 11) is 0. The Morgan fingerprint density at radius 2 is 2.08 bits per heavy atom. The van der Waals surface area contributed by atoms with Crippen LogP contribution in [0, 0.1) is 6.92 Å². The van der Waals surface area contributed by atoms with Crippen molar-refractivity contribution in [3.8, 4) is 0 Å². The van der Waals surface area contributed by atoms with Gasteiger partial charge >= 0.3 is 0 Å². The SMILES string of the molecule is Cc1cc(Br)ccc1Nc1ccc(C(=O)NCc2ccco2)nn1. The number of furan rings is 1. The van der Waals surface area contributed by atoms with Gasteiger partial charge in [0.1, 0.15) is 5.76 Å². The van der Waals surface area contributed by atoms with Crippen LogP contribution in [0.1, 0.15) is 21.8 Å². The van der Waals surface area contributed by atoms with E-state index in [9.17, 15) is 4.79 Å². The summed E-state index contributed by atoms with van der Waals surface area (Å²) in [5.74, 6) is 0.952. The van der Waals surface area contributed by atoms with Crippen LogP contribution in [0.4, 0.5) is 11.5 Å². The monoisotopic (exact) mass is 386 g/mol. The van der Waals surface area contributed by atoms with Gasteiger partial charge in [-0.3, -0.25) is 4.79 Å². The Morgan fingerprint density at radius 3 is 2.75 bits per heavy atom. The minimum Gasteiger partial charge on any atom is -0.467 e. The Bertz CT molecular complexity index is 832. The predicted octanol–water partition coefficient (Wildman–Crippen LogP) is 3.81. The number of nitrogens with zero attached hydrogens (tertiary/aromatic N) is 2. The Labute approximate surface area is 147 Å². The zero-order valence-corrected chi connectivity index (χ0v) is 14.5. The highest BCUT2D eigenvalue weighted by Crippen LogP contribution is 2.22. The molecule has 0 saturated carbocycles. The van der Waals surface area contributed by atoms with E-state index in [4.69, 9.17) is 4.42 Å². The summed E-state index contributed by atoms with van der Waals surface area (Å²) >= 11 is 3.43. The zero-order valence-electron chi connectivity index (χ0n) is 12.9. The first-order valence-corrected chi connectivity index (χ1v) is 8.08. The maximum atomic E-state index is 12.0. The summed E-state index contributed by atoms with van der Waals surface area (Å²) in [6.45, 7) is 2.31. The summed E-state index contributed by atoms with van der Waals surface area (Å²) in [5, 5.41) is 13.9. The summed E-state index contributed by atoms with van der Waals surface area (Å²) in [5.41, 5.74) is 2.26. The zero-order chi connectivity index (χ0) is 16.9. The maximum absolute atomic E-state index is 12.0. The second-order valence-corrected chi connectivity index (χ2v) is 6.07. The van der Waals surface area contributed by atoms with E-state index < -0.39 is 0 Å².